The fraction of sp³-hybridized carbons (Fsp3) is 0.550. The molecule has 1 aliphatic rings. The molecule has 1 saturated heterocycles. The number of aromatic nitrogens is 3. The van der Waals surface area contributed by atoms with E-state index in [0.717, 1.165) is 11.0 Å². The van der Waals surface area contributed by atoms with Crippen LogP contribution in [0.1, 0.15) is 54.0 Å². The molecule has 2 aromatic rings. The number of hydrogen-bond donors (Lipinski definition) is 2. The van der Waals surface area contributed by atoms with Crippen LogP contribution in [0.3, 0.4) is 0 Å². The number of carbonyl (C=O) groups is 1. The number of nitrogens with one attached hydrogen (secondary N) is 2. The fourth-order valence-corrected chi connectivity index (χ4v) is 3.11. The van der Waals surface area contributed by atoms with Crippen molar-refractivity contribution in [3.8, 4) is 0 Å². The van der Waals surface area contributed by atoms with E-state index in [1.165, 1.54) is 6.33 Å². The third-order valence-electron chi connectivity index (χ3n) is 5.18. The average Bonchev–Trinajstić information content (AvgIpc) is 3.09. The van der Waals surface area contributed by atoms with Crippen molar-refractivity contribution in [2.45, 2.75) is 65.3 Å². The summed E-state index contributed by atoms with van der Waals surface area (Å²) in [6, 6.07) is 0. The van der Waals surface area contributed by atoms with Crippen LogP contribution in [-0.4, -0.2) is 51.5 Å². The van der Waals surface area contributed by atoms with Crippen molar-refractivity contribution in [1.82, 2.24) is 20.3 Å². The van der Waals surface area contributed by atoms with Crippen molar-refractivity contribution < 1.29 is 18.8 Å². The van der Waals surface area contributed by atoms with Gasteiger partial charge in [0.25, 0.3) is 0 Å². The Bertz CT molecular complexity index is 965. The Morgan fingerprint density at radius 1 is 1.27 bits per heavy atom. The van der Waals surface area contributed by atoms with Crippen molar-refractivity contribution >= 4 is 41.9 Å². The minimum Gasteiger partial charge on any atom is -0.444 e. The maximum atomic E-state index is 12.2. The van der Waals surface area contributed by atoms with Crippen LogP contribution in [0.5, 0.6) is 0 Å². The number of halogens is 1. The quantitative estimate of drug-likeness (QED) is 0.554. The molecule has 1 fully saturated rings. The summed E-state index contributed by atoms with van der Waals surface area (Å²) in [5.74, 6) is 0. The zero-order valence-corrected chi connectivity index (χ0v) is 19.2. The van der Waals surface area contributed by atoms with Crippen molar-refractivity contribution in [1.29, 1.82) is 0 Å². The van der Waals surface area contributed by atoms with Crippen molar-refractivity contribution in [3.63, 3.8) is 0 Å². The number of aromatic amines is 1. The number of hydrogen-bond acceptors (Lipinski definition) is 6. The normalized spacial score (nSPS) is 18.7. The lowest BCUT2D eigenvalue weighted by Gasteiger charge is -2.32. The van der Waals surface area contributed by atoms with Gasteiger partial charge < -0.3 is 24.3 Å². The van der Waals surface area contributed by atoms with Crippen LogP contribution in [0.4, 0.5) is 4.79 Å². The Morgan fingerprint density at radius 3 is 2.50 bits per heavy atom. The molecular weight excluding hydrogens is 407 g/mol. The molecule has 3 heterocycles. The molecule has 30 heavy (non-hydrogen) atoms. The lowest BCUT2D eigenvalue weighted by Crippen LogP contribution is -2.41. The van der Waals surface area contributed by atoms with Gasteiger partial charge in [-0.25, -0.2) is 14.8 Å². The zero-order chi connectivity index (χ0) is 22.3. The lowest BCUT2D eigenvalue weighted by atomic mass is 9.77. The smallest absolute Gasteiger partial charge is 0.444 e. The molecule has 1 amide bonds. The van der Waals surface area contributed by atoms with Crippen molar-refractivity contribution in [2.24, 2.45) is 0 Å². The van der Waals surface area contributed by atoms with Crippen LogP contribution in [0.15, 0.2) is 18.0 Å². The van der Waals surface area contributed by atoms with Crippen molar-refractivity contribution in [3.05, 3.63) is 28.7 Å². The molecule has 0 atom stereocenters. The Kier molecular flexibility index (Phi) is 5.92. The average molecular weight is 435 g/mol. The molecular formula is C20H28BClN4O4. The van der Waals surface area contributed by atoms with E-state index in [-0.39, 0.29) is 6.54 Å². The van der Waals surface area contributed by atoms with Gasteiger partial charge in [-0.05, 0) is 53.9 Å². The Hall–Kier alpha value is -2.10. The van der Waals surface area contributed by atoms with Crippen LogP contribution in [0.25, 0.3) is 17.1 Å². The third kappa shape index (κ3) is 4.79. The number of ether oxygens (including phenoxy) is 1. The van der Waals surface area contributed by atoms with E-state index < -0.39 is 30.0 Å². The molecule has 2 aromatic heterocycles. The number of nitrogens with zero attached hydrogens (tertiary/aromatic N) is 2. The molecule has 0 radical (unpaired) electrons. The maximum Gasteiger partial charge on any atom is 0.492 e. The van der Waals surface area contributed by atoms with Gasteiger partial charge in [-0.15, -0.1) is 0 Å². The first kappa shape index (κ1) is 22.6. The van der Waals surface area contributed by atoms with Gasteiger partial charge in [0.15, 0.2) is 5.15 Å². The summed E-state index contributed by atoms with van der Waals surface area (Å²) in [6.07, 6.45) is 4.55. The largest absolute Gasteiger partial charge is 0.492 e. The van der Waals surface area contributed by atoms with Gasteiger partial charge in [0.2, 0.25) is 0 Å². The second-order valence-electron chi connectivity index (χ2n) is 9.30. The Morgan fingerprint density at radius 2 is 1.90 bits per heavy atom. The van der Waals surface area contributed by atoms with E-state index in [4.69, 9.17) is 25.6 Å². The molecule has 10 heteroatoms. The monoisotopic (exact) mass is 434 g/mol. The maximum absolute atomic E-state index is 12.2. The minimum absolute atomic E-state index is 0.178. The lowest BCUT2D eigenvalue weighted by molar-refractivity contribution is 0.00578. The van der Waals surface area contributed by atoms with E-state index >= 15 is 0 Å². The first-order chi connectivity index (χ1) is 13.8. The number of H-pyrrole nitrogens is 1. The number of rotatable bonds is 4. The van der Waals surface area contributed by atoms with Gasteiger partial charge in [0.05, 0.1) is 11.2 Å². The molecule has 162 valence electrons. The summed E-state index contributed by atoms with van der Waals surface area (Å²) in [6.45, 7) is 13.5. The summed E-state index contributed by atoms with van der Waals surface area (Å²) in [4.78, 5) is 23.6. The molecule has 3 rings (SSSR count). The predicted molar refractivity (Wildman–Crippen MR) is 117 cm³/mol. The van der Waals surface area contributed by atoms with E-state index in [1.54, 1.807) is 6.20 Å². The highest BCUT2D eigenvalue weighted by molar-refractivity contribution is 6.56. The minimum atomic E-state index is -0.646. The highest BCUT2D eigenvalue weighted by Gasteiger charge is 2.52. The van der Waals surface area contributed by atoms with Gasteiger partial charge in [-0.1, -0.05) is 17.7 Å². The molecule has 0 bridgehead atoms. The second-order valence-corrected chi connectivity index (χ2v) is 9.65. The standard InChI is InChI=1S/C20H28BClN4O4/c1-18(2,3)28-17(27)24-10-13(21-29-19(4,5)20(6,7)30-21)8-12-9-23-15-14(12)25-11-26-16(15)22/h8-9,11,23H,10H2,1-7H3,(H,24,27). The fourth-order valence-electron chi connectivity index (χ4n) is 2.92. The first-order valence-electron chi connectivity index (χ1n) is 9.80. The molecule has 0 aromatic carbocycles. The molecule has 0 saturated carbocycles. The molecule has 2 N–H and O–H groups in total. The van der Waals surface area contributed by atoms with Crippen molar-refractivity contribution in [2.75, 3.05) is 6.54 Å². The van der Waals surface area contributed by atoms with Gasteiger partial charge >= 0.3 is 13.2 Å². The predicted octanol–water partition coefficient (Wildman–Crippen LogP) is 4.15. The van der Waals surface area contributed by atoms with Gasteiger partial charge in [0.1, 0.15) is 23.0 Å². The van der Waals surface area contributed by atoms with Crippen LogP contribution in [0, 0.1) is 0 Å². The second kappa shape index (κ2) is 7.87. The topological polar surface area (TPSA) is 98.4 Å². The molecule has 0 aliphatic carbocycles. The van der Waals surface area contributed by atoms with Crippen LogP contribution >= 0.6 is 11.6 Å². The summed E-state index contributed by atoms with van der Waals surface area (Å²) in [5.41, 5.74) is 1.17. The summed E-state index contributed by atoms with van der Waals surface area (Å²) in [5, 5.41) is 3.12. The van der Waals surface area contributed by atoms with E-state index in [9.17, 15) is 4.79 Å². The Balaban J connectivity index is 1.92. The van der Waals surface area contributed by atoms with E-state index in [0.29, 0.717) is 16.2 Å². The third-order valence-corrected chi connectivity index (χ3v) is 5.47. The van der Waals surface area contributed by atoms with Crippen LogP contribution < -0.4 is 5.32 Å². The molecule has 0 unspecified atom stereocenters. The molecule has 0 spiro atoms. The highest BCUT2D eigenvalue weighted by atomic mass is 35.5. The molecule has 8 nitrogen and oxygen atoms in total. The number of carbonyl (C=O) groups excluding carboxylic acids is 1. The van der Waals surface area contributed by atoms with Gasteiger partial charge in [0, 0.05) is 18.3 Å². The van der Waals surface area contributed by atoms with Crippen LogP contribution in [-0.2, 0) is 14.0 Å². The first-order valence-corrected chi connectivity index (χ1v) is 10.2. The Labute approximate surface area is 181 Å². The SMILES string of the molecule is CC(C)(C)OC(=O)NCC(=Cc1c[nH]c2c(Cl)ncnc12)B1OC(C)(C)C(C)(C)O1. The number of fused-ring (bicyclic) bond motifs is 1. The highest BCUT2D eigenvalue weighted by Crippen LogP contribution is 2.39. The van der Waals surface area contributed by atoms with E-state index in [2.05, 4.69) is 20.3 Å². The van der Waals surface area contributed by atoms with Gasteiger partial charge in [-0.3, -0.25) is 0 Å². The van der Waals surface area contributed by atoms with E-state index in [1.807, 2.05) is 54.5 Å². The zero-order valence-electron chi connectivity index (χ0n) is 18.4. The summed E-state index contributed by atoms with van der Waals surface area (Å²) >= 11 is 6.15. The van der Waals surface area contributed by atoms with Crippen LogP contribution in [0.2, 0.25) is 5.15 Å². The van der Waals surface area contributed by atoms with Gasteiger partial charge in [-0.2, -0.15) is 0 Å². The summed E-state index contributed by atoms with van der Waals surface area (Å²) in [7, 11) is -0.646. The molecule has 1 aliphatic heterocycles. The number of alkyl carbamates (subject to hydrolysis) is 1. The number of amides is 1. The summed E-state index contributed by atoms with van der Waals surface area (Å²) < 4.78 is 17.7.